The van der Waals surface area contributed by atoms with Crippen molar-refractivity contribution in [1.29, 1.82) is 0 Å². The lowest BCUT2D eigenvalue weighted by Crippen LogP contribution is -2.39. The molecule has 96 valence electrons. The van der Waals surface area contributed by atoms with E-state index in [9.17, 15) is 9.59 Å². The van der Waals surface area contributed by atoms with Crippen LogP contribution in [0.5, 0.6) is 0 Å². The van der Waals surface area contributed by atoms with Crippen molar-refractivity contribution in [3.05, 3.63) is 35.4 Å². The van der Waals surface area contributed by atoms with Gasteiger partial charge in [-0.15, -0.1) is 0 Å². The van der Waals surface area contributed by atoms with E-state index in [1.165, 1.54) is 0 Å². The van der Waals surface area contributed by atoms with Crippen LogP contribution in [0.15, 0.2) is 24.3 Å². The summed E-state index contributed by atoms with van der Waals surface area (Å²) in [4.78, 5) is 25.4. The molecule has 1 aliphatic heterocycles. The monoisotopic (exact) mass is 245 g/mol. The number of amides is 1. The van der Waals surface area contributed by atoms with Gasteiger partial charge in [-0.05, 0) is 38.8 Å². The molecule has 1 saturated heterocycles. The Morgan fingerprint density at radius 3 is 2.17 bits per heavy atom. The zero-order valence-corrected chi connectivity index (χ0v) is 11.0. The minimum atomic E-state index is 0.0806. The molecule has 0 aliphatic carbocycles. The lowest BCUT2D eigenvalue weighted by atomic mass is 9.93. The second-order valence-electron chi connectivity index (χ2n) is 5.04. The van der Waals surface area contributed by atoms with E-state index < -0.39 is 0 Å². The van der Waals surface area contributed by atoms with Gasteiger partial charge in [-0.3, -0.25) is 9.59 Å². The van der Waals surface area contributed by atoms with Crippen LogP contribution in [0.1, 0.15) is 35.7 Å². The number of hydrogen-bond donors (Lipinski definition) is 0. The fourth-order valence-corrected chi connectivity index (χ4v) is 2.37. The molecule has 1 aromatic carbocycles. The molecule has 1 aromatic rings. The number of ketones is 1. The first kappa shape index (κ1) is 12.8. The van der Waals surface area contributed by atoms with Crippen LogP contribution in [0.2, 0.25) is 0 Å². The Balaban J connectivity index is 1.99. The van der Waals surface area contributed by atoms with Crippen molar-refractivity contribution in [3.63, 3.8) is 0 Å². The predicted octanol–water partition coefficient (Wildman–Crippen LogP) is 2.44. The lowest BCUT2D eigenvalue weighted by molar-refractivity contribution is -0.121. The first-order chi connectivity index (χ1) is 8.58. The highest BCUT2D eigenvalue weighted by atomic mass is 16.2. The van der Waals surface area contributed by atoms with Crippen LogP contribution in [0, 0.1) is 12.8 Å². The Bertz CT molecular complexity index is 442. The van der Waals surface area contributed by atoms with Crippen molar-refractivity contribution in [3.8, 4) is 0 Å². The maximum absolute atomic E-state index is 12.2. The topological polar surface area (TPSA) is 37.4 Å². The number of aryl methyl sites for hydroxylation is 1. The van der Waals surface area contributed by atoms with E-state index in [4.69, 9.17) is 0 Å². The van der Waals surface area contributed by atoms with Gasteiger partial charge in [-0.2, -0.15) is 0 Å². The molecule has 1 aliphatic rings. The zero-order chi connectivity index (χ0) is 13.1. The molecule has 1 amide bonds. The summed E-state index contributed by atoms with van der Waals surface area (Å²) in [7, 11) is 0. The SMILES string of the molecule is CC(=O)C1CCN(C(=O)c2ccc(C)cc2)CC1. The molecule has 0 saturated carbocycles. The summed E-state index contributed by atoms with van der Waals surface area (Å²) in [5, 5.41) is 0. The fourth-order valence-electron chi connectivity index (χ4n) is 2.37. The number of Topliss-reactive ketones (excluding diaryl/α,β-unsaturated/α-hetero) is 1. The van der Waals surface area contributed by atoms with Gasteiger partial charge in [0.15, 0.2) is 0 Å². The molecule has 0 atom stereocenters. The first-order valence-electron chi connectivity index (χ1n) is 6.44. The highest BCUT2D eigenvalue weighted by molar-refractivity contribution is 5.94. The standard InChI is InChI=1S/C15H19NO2/c1-11-3-5-14(6-4-11)15(18)16-9-7-13(8-10-16)12(2)17/h3-6,13H,7-10H2,1-2H3. The van der Waals surface area contributed by atoms with Crippen molar-refractivity contribution < 1.29 is 9.59 Å². The van der Waals surface area contributed by atoms with Crippen LogP contribution in [0.4, 0.5) is 0 Å². The number of carbonyl (C=O) groups is 2. The maximum Gasteiger partial charge on any atom is 0.253 e. The molecular weight excluding hydrogens is 226 g/mol. The van der Waals surface area contributed by atoms with E-state index in [0.717, 1.165) is 24.0 Å². The number of benzene rings is 1. The Hall–Kier alpha value is -1.64. The summed E-state index contributed by atoms with van der Waals surface area (Å²) in [6.45, 7) is 5.03. The Morgan fingerprint density at radius 1 is 1.11 bits per heavy atom. The second kappa shape index (κ2) is 5.34. The molecule has 0 bridgehead atoms. The summed E-state index contributed by atoms with van der Waals surface area (Å²) >= 11 is 0. The van der Waals surface area contributed by atoms with Crippen molar-refractivity contribution in [2.45, 2.75) is 26.7 Å². The third-order valence-electron chi connectivity index (χ3n) is 3.66. The Labute approximate surface area is 108 Å². The second-order valence-corrected chi connectivity index (χ2v) is 5.04. The molecule has 3 heteroatoms. The first-order valence-corrected chi connectivity index (χ1v) is 6.44. The third-order valence-corrected chi connectivity index (χ3v) is 3.66. The van der Waals surface area contributed by atoms with E-state index in [1.807, 2.05) is 36.1 Å². The van der Waals surface area contributed by atoms with Crippen LogP contribution in [0.3, 0.4) is 0 Å². The average Bonchev–Trinajstić information content (AvgIpc) is 2.39. The Morgan fingerprint density at radius 2 is 1.67 bits per heavy atom. The lowest BCUT2D eigenvalue weighted by Gasteiger charge is -2.30. The van der Waals surface area contributed by atoms with Crippen LogP contribution >= 0.6 is 0 Å². The summed E-state index contributed by atoms with van der Waals surface area (Å²) in [5.74, 6) is 0.474. The van der Waals surface area contributed by atoms with E-state index in [1.54, 1.807) is 6.92 Å². The van der Waals surface area contributed by atoms with Gasteiger partial charge in [0.2, 0.25) is 0 Å². The molecule has 1 heterocycles. The van der Waals surface area contributed by atoms with Crippen LogP contribution in [-0.2, 0) is 4.79 Å². The third kappa shape index (κ3) is 2.78. The number of hydrogen-bond acceptors (Lipinski definition) is 2. The van der Waals surface area contributed by atoms with Crippen molar-refractivity contribution in [2.24, 2.45) is 5.92 Å². The average molecular weight is 245 g/mol. The summed E-state index contributed by atoms with van der Waals surface area (Å²) in [5.41, 5.74) is 1.89. The Kier molecular flexibility index (Phi) is 3.80. The maximum atomic E-state index is 12.2. The van der Waals surface area contributed by atoms with E-state index in [0.29, 0.717) is 13.1 Å². The number of nitrogens with zero attached hydrogens (tertiary/aromatic N) is 1. The van der Waals surface area contributed by atoms with Gasteiger partial charge in [-0.25, -0.2) is 0 Å². The van der Waals surface area contributed by atoms with Gasteiger partial charge in [0, 0.05) is 24.6 Å². The molecule has 1 fully saturated rings. The van der Waals surface area contributed by atoms with E-state index >= 15 is 0 Å². The predicted molar refractivity (Wildman–Crippen MR) is 70.5 cm³/mol. The zero-order valence-electron chi connectivity index (χ0n) is 11.0. The molecule has 3 nitrogen and oxygen atoms in total. The molecule has 18 heavy (non-hydrogen) atoms. The summed E-state index contributed by atoms with van der Waals surface area (Å²) in [6.07, 6.45) is 1.60. The normalized spacial score (nSPS) is 16.7. The summed E-state index contributed by atoms with van der Waals surface area (Å²) < 4.78 is 0. The van der Waals surface area contributed by atoms with E-state index in [-0.39, 0.29) is 17.6 Å². The smallest absolute Gasteiger partial charge is 0.253 e. The van der Waals surface area contributed by atoms with Gasteiger partial charge in [-0.1, -0.05) is 17.7 Å². The van der Waals surface area contributed by atoms with Crippen LogP contribution in [0.25, 0.3) is 0 Å². The molecule has 0 N–H and O–H groups in total. The fraction of sp³-hybridized carbons (Fsp3) is 0.467. The van der Waals surface area contributed by atoms with Gasteiger partial charge in [0.1, 0.15) is 5.78 Å². The molecule has 0 spiro atoms. The highest BCUT2D eigenvalue weighted by Crippen LogP contribution is 2.19. The molecule has 0 unspecified atom stereocenters. The van der Waals surface area contributed by atoms with Crippen LogP contribution in [-0.4, -0.2) is 29.7 Å². The van der Waals surface area contributed by atoms with Crippen molar-refractivity contribution in [2.75, 3.05) is 13.1 Å². The number of rotatable bonds is 2. The number of carbonyl (C=O) groups excluding carboxylic acids is 2. The van der Waals surface area contributed by atoms with E-state index in [2.05, 4.69) is 0 Å². The molecule has 2 rings (SSSR count). The van der Waals surface area contributed by atoms with Gasteiger partial charge in [0.25, 0.3) is 5.91 Å². The largest absolute Gasteiger partial charge is 0.339 e. The minimum Gasteiger partial charge on any atom is -0.339 e. The van der Waals surface area contributed by atoms with Crippen LogP contribution < -0.4 is 0 Å². The van der Waals surface area contributed by atoms with Gasteiger partial charge >= 0.3 is 0 Å². The quantitative estimate of drug-likeness (QED) is 0.802. The van der Waals surface area contributed by atoms with Gasteiger partial charge in [0.05, 0.1) is 0 Å². The van der Waals surface area contributed by atoms with Crippen molar-refractivity contribution >= 4 is 11.7 Å². The molecule has 0 aromatic heterocycles. The van der Waals surface area contributed by atoms with Crippen molar-refractivity contribution in [1.82, 2.24) is 4.90 Å². The number of piperidine rings is 1. The highest BCUT2D eigenvalue weighted by Gasteiger charge is 2.25. The minimum absolute atomic E-state index is 0.0806. The number of likely N-dealkylation sites (tertiary alicyclic amines) is 1. The van der Waals surface area contributed by atoms with Gasteiger partial charge < -0.3 is 4.90 Å². The molecule has 0 radical (unpaired) electrons. The summed E-state index contributed by atoms with van der Waals surface area (Å²) in [6, 6.07) is 7.65. The molecular formula is C15H19NO2.